The molecule has 2 aliphatic carbocycles. The van der Waals surface area contributed by atoms with Gasteiger partial charge in [0, 0.05) is 10.9 Å². The van der Waals surface area contributed by atoms with Crippen LogP contribution in [0.25, 0.3) is 0 Å². The maximum atomic E-state index is 13.1. The summed E-state index contributed by atoms with van der Waals surface area (Å²) >= 11 is 1.38. The third-order valence-electron chi connectivity index (χ3n) is 6.71. The minimum atomic E-state index is -0.948. The van der Waals surface area contributed by atoms with Crippen LogP contribution in [-0.2, 0) is 9.59 Å². The number of hydrogen-bond donors (Lipinski definition) is 3. The molecule has 0 radical (unpaired) electrons. The number of nitrogens with one attached hydrogen (secondary N) is 2. The van der Waals surface area contributed by atoms with Crippen molar-refractivity contribution in [3.63, 3.8) is 0 Å². The first-order chi connectivity index (χ1) is 14.2. The molecule has 0 bridgehead atoms. The summed E-state index contributed by atoms with van der Waals surface area (Å²) in [6.45, 7) is 7.72. The van der Waals surface area contributed by atoms with Crippen LogP contribution in [0.2, 0.25) is 0 Å². The second-order valence-electron chi connectivity index (χ2n) is 8.81. The monoisotopic (exact) mass is 432 g/mol. The first kappa shape index (κ1) is 22.5. The van der Waals surface area contributed by atoms with Crippen LogP contribution in [0.5, 0.6) is 0 Å². The Kier molecular flexibility index (Phi) is 7.01. The molecular formula is C23H32N2O4S. The van der Waals surface area contributed by atoms with Crippen LogP contribution in [0.3, 0.4) is 0 Å². The lowest BCUT2D eigenvalue weighted by Gasteiger charge is -2.29. The Hall–Kier alpha value is -2.15. The average molecular weight is 433 g/mol. The Morgan fingerprint density at radius 3 is 2.13 bits per heavy atom. The topological polar surface area (TPSA) is 95.5 Å². The lowest BCUT2D eigenvalue weighted by atomic mass is 9.76. The van der Waals surface area contributed by atoms with Gasteiger partial charge in [-0.3, -0.25) is 14.4 Å². The third kappa shape index (κ3) is 4.77. The lowest BCUT2D eigenvalue weighted by Crippen LogP contribution is -2.38. The van der Waals surface area contributed by atoms with Crippen molar-refractivity contribution < 1.29 is 19.5 Å². The second kappa shape index (κ2) is 9.33. The summed E-state index contributed by atoms with van der Waals surface area (Å²) in [7, 11) is 0. The molecule has 7 heteroatoms. The van der Waals surface area contributed by atoms with Crippen LogP contribution in [-0.4, -0.2) is 28.9 Å². The van der Waals surface area contributed by atoms with Crippen LogP contribution in [0, 0.1) is 25.7 Å². The van der Waals surface area contributed by atoms with Gasteiger partial charge in [0.1, 0.15) is 5.00 Å². The number of rotatable bonds is 5. The molecule has 3 N–H and O–H groups in total. The largest absolute Gasteiger partial charge is 0.481 e. The van der Waals surface area contributed by atoms with Crippen molar-refractivity contribution >= 4 is 34.1 Å². The summed E-state index contributed by atoms with van der Waals surface area (Å²) < 4.78 is 0. The molecule has 0 unspecified atom stereocenters. The number of carboxylic acid groups (broad SMARTS) is 1. The molecule has 6 nitrogen and oxygen atoms in total. The van der Waals surface area contributed by atoms with E-state index in [0.29, 0.717) is 23.4 Å². The Labute approximate surface area is 182 Å². The van der Waals surface area contributed by atoms with Crippen LogP contribution in [0.15, 0.2) is 11.1 Å². The maximum absolute atomic E-state index is 13.1. The zero-order valence-electron chi connectivity index (χ0n) is 18.3. The van der Waals surface area contributed by atoms with E-state index in [1.165, 1.54) is 17.8 Å². The van der Waals surface area contributed by atoms with E-state index < -0.39 is 17.8 Å². The number of amides is 2. The number of anilines is 1. The summed E-state index contributed by atoms with van der Waals surface area (Å²) in [5.74, 6) is -2.79. The van der Waals surface area contributed by atoms with Crippen LogP contribution in [0.4, 0.5) is 5.00 Å². The summed E-state index contributed by atoms with van der Waals surface area (Å²) in [6.07, 6.45) is 6.26. The van der Waals surface area contributed by atoms with Gasteiger partial charge in [0.05, 0.1) is 17.4 Å². The molecule has 1 saturated carbocycles. The van der Waals surface area contributed by atoms with Crippen molar-refractivity contribution in [3.05, 3.63) is 27.2 Å². The van der Waals surface area contributed by atoms with E-state index in [0.717, 1.165) is 47.3 Å². The molecule has 1 heterocycles. The minimum absolute atomic E-state index is 0.149. The normalized spacial score (nSPS) is 22.7. The molecule has 2 amide bonds. The Balaban J connectivity index is 1.80. The molecule has 1 aromatic heterocycles. The molecule has 30 heavy (non-hydrogen) atoms. The van der Waals surface area contributed by atoms with Crippen molar-refractivity contribution in [1.29, 1.82) is 0 Å². The van der Waals surface area contributed by atoms with Gasteiger partial charge in [0.15, 0.2) is 0 Å². The first-order valence-electron chi connectivity index (χ1n) is 10.8. The van der Waals surface area contributed by atoms with Crippen molar-refractivity contribution in [1.82, 2.24) is 5.32 Å². The van der Waals surface area contributed by atoms with Crippen LogP contribution < -0.4 is 10.6 Å². The summed E-state index contributed by atoms with van der Waals surface area (Å²) in [5, 5.41) is 16.2. The maximum Gasteiger partial charge on any atom is 0.307 e. The average Bonchev–Trinajstić information content (AvgIpc) is 2.97. The van der Waals surface area contributed by atoms with Crippen molar-refractivity contribution in [2.24, 2.45) is 11.8 Å². The van der Waals surface area contributed by atoms with Crippen LogP contribution >= 0.6 is 11.3 Å². The number of hydrogen-bond acceptors (Lipinski definition) is 4. The Bertz CT molecular complexity index is 880. The molecule has 1 aromatic rings. The standard InChI is InChI=1S/C23H32N2O4S/c1-12-10-17(18(23(28)29)11-13(12)2)20(26)25-22-19(14(3)15(4)30-22)21(27)24-16-8-6-5-7-9-16/h16-18H,5-11H2,1-4H3,(H,24,27)(H,25,26)(H,28,29)/t17-,18+/m1/s1. The molecule has 0 aliphatic heterocycles. The quantitative estimate of drug-likeness (QED) is 0.582. The summed E-state index contributed by atoms with van der Waals surface area (Å²) in [5.41, 5.74) is 3.50. The van der Waals surface area contributed by atoms with Crippen molar-refractivity contribution in [2.45, 2.75) is 78.7 Å². The van der Waals surface area contributed by atoms with Crippen molar-refractivity contribution in [2.75, 3.05) is 5.32 Å². The fourth-order valence-electron chi connectivity index (χ4n) is 4.53. The number of carbonyl (C=O) groups is 3. The number of carbonyl (C=O) groups excluding carboxylic acids is 2. The predicted molar refractivity (Wildman–Crippen MR) is 119 cm³/mol. The van der Waals surface area contributed by atoms with E-state index in [1.54, 1.807) is 0 Å². The van der Waals surface area contributed by atoms with E-state index in [1.807, 2.05) is 27.7 Å². The second-order valence-corrected chi connectivity index (χ2v) is 10.0. The summed E-state index contributed by atoms with van der Waals surface area (Å²) in [6, 6.07) is 0.180. The third-order valence-corrected chi connectivity index (χ3v) is 7.83. The van der Waals surface area contributed by atoms with E-state index in [2.05, 4.69) is 10.6 Å². The molecule has 0 spiro atoms. The smallest absolute Gasteiger partial charge is 0.307 e. The highest BCUT2D eigenvalue weighted by molar-refractivity contribution is 7.16. The van der Waals surface area contributed by atoms with Gasteiger partial charge in [-0.1, -0.05) is 30.4 Å². The molecule has 2 aliphatic rings. The predicted octanol–water partition coefficient (Wildman–Crippen LogP) is 4.81. The van der Waals surface area contributed by atoms with Gasteiger partial charge < -0.3 is 15.7 Å². The zero-order chi connectivity index (χ0) is 22.0. The molecule has 0 aromatic carbocycles. The highest BCUT2D eigenvalue weighted by Gasteiger charge is 2.38. The van der Waals surface area contributed by atoms with E-state index >= 15 is 0 Å². The first-order valence-corrected chi connectivity index (χ1v) is 11.6. The molecule has 1 fully saturated rings. The van der Waals surface area contributed by atoms with Gasteiger partial charge in [0.2, 0.25) is 5.91 Å². The molecule has 3 rings (SSSR count). The highest BCUT2D eigenvalue weighted by atomic mass is 32.1. The number of thiophene rings is 1. The highest BCUT2D eigenvalue weighted by Crippen LogP contribution is 2.37. The van der Waals surface area contributed by atoms with Crippen LogP contribution in [0.1, 0.15) is 79.6 Å². The van der Waals surface area contributed by atoms with E-state index in [4.69, 9.17) is 0 Å². The van der Waals surface area contributed by atoms with Gasteiger partial charge in [-0.15, -0.1) is 11.3 Å². The Morgan fingerprint density at radius 2 is 1.53 bits per heavy atom. The SMILES string of the molecule is CC1=C(C)C[C@@H](C(=O)Nc2sc(C)c(C)c2C(=O)NC2CCCCC2)[C@@H](C(=O)O)C1. The number of allylic oxidation sites excluding steroid dienone is 2. The zero-order valence-corrected chi connectivity index (χ0v) is 19.1. The van der Waals surface area contributed by atoms with Crippen molar-refractivity contribution in [3.8, 4) is 0 Å². The molecular weight excluding hydrogens is 400 g/mol. The fourth-order valence-corrected chi connectivity index (χ4v) is 5.59. The number of carboxylic acids is 1. The van der Waals surface area contributed by atoms with Gasteiger partial charge in [-0.25, -0.2) is 0 Å². The molecule has 0 saturated heterocycles. The minimum Gasteiger partial charge on any atom is -0.481 e. The Morgan fingerprint density at radius 1 is 0.933 bits per heavy atom. The summed E-state index contributed by atoms with van der Waals surface area (Å²) in [4.78, 5) is 38.9. The number of aryl methyl sites for hydroxylation is 1. The van der Waals surface area contributed by atoms with E-state index in [-0.39, 0.29) is 17.9 Å². The number of aliphatic carboxylic acids is 1. The van der Waals surface area contributed by atoms with Gasteiger partial charge in [0.25, 0.3) is 5.91 Å². The molecule has 164 valence electrons. The van der Waals surface area contributed by atoms with E-state index in [9.17, 15) is 19.5 Å². The van der Waals surface area contributed by atoms with Gasteiger partial charge >= 0.3 is 5.97 Å². The molecule has 2 atom stereocenters. The van der Waals surface area contributed by atoms with Gasteiger partial charge in [-0.2, -0.15) is 0 Å². The van der Waals surface area contributed by atoms with Gasteiger partial charge in [-0.05, 0) is 58.9 Å². The lowest BCUT2D eigenvalue weighted by molar-refractivity contribution is -0.146. The fraction of sp³-hybridized carbons (Fsp3) is 0.609.